The van der Waals surface area contributed by atoms with Crippen molar-refractivity contribution in [3.63, 3.8) is 0 Å². The minimum absolute atomic E-state index is 0.158. The number of rotatable bonds is 0. The van der Waals surface area contributed by atoms with Gasteiger partial charge in [0.2, 0.25) is 5.91 Å². The highest BCUT2D eigenvalue weighted by atomic mass is 16.2. The highest BCUT2D eigenvalue weighted by Gasteiger charge is 2.45. The van der Waals surface area contributed by atoms with Crippen LogP contribution in [0.15, 0.2) is 24.3 Å². The van der Waals surface area contributed by atoms with Gasteiger partial charge in [-0.1, -0.05) is 25.1 Å². The summed E-state index contributed by atoms with van der Waals surface area (Å²) in [6.45, 7) is 5.20. The van der Waals surface area contributed by atoms with Gasteiger partial charge in [0, 0.05) is 29.1 Å². The zero-order valence-electron chi connectivity index (χ0n) is 12.8. The molecule has 1 saturated heterocycles. The van der Waals surface area contributed by atoms with Crippen molar-refractivity contribution in [2.45, 2.75) is 45.1 Å². The van der Waals surface area contributed by atoms with Crippen LogP contribution in [0, 0.1) is 5.92 Å². The van der Waals surface area contributed by atoms with E-state index in [4.69, 9.17) is 0 Å². The first kappa shape index (κ1) is 12.9. The van der Waals surface area contributed by atoms with Crippen molar-refractivity contribution in [3.05, 3.63) is 35.5 Å². The third-order valence-corrected chi connectivity index (χ3v) is 5.51. The molecule has 0 radical (unpaired) electrons. The lowest BCUT2D eigenvalue weighted by Crippen LogP contribution is -2.53. The smallest absolute Gasteiger partial charge is 0.226 e. The minimum atomic E-state index is -0.158. The van der Waals surface area contributed by atoms with Gasteiger partial charge < -0.3 is 9.88 Å². The summed E-state index contributed by atoms with van der Waals surface area (Å²) in [4.78, 5) is 18.4. The summed E-state index contributed by atoms with van der Waals surface area (Å²) in [7, 11) is 0. The van der Waals surface area contributed by atoms with Crippen LogP contribution in [0.4, 0.5) is 0 Å². The topological polar surface area (TPSA) is 36.1 Å². The summed E-state index contributed by atoms with van der Waals surface area (Å²) < 4.78 is 0. The number of hydrogen-bond donors (Lipinski definition) is 1. The Morgan fingerprint density at radius 2 is 2.14 bits per heavy atom. The maximum Gasteiger partial charge on any atom is 0.226 e. The van der Waals surface area contributed by atoms with E-state index in [9.17, 15) is 4.79 Å². The third-order valence-electron chi connectivity index (χ3n) is 5.51. The number of fused-ring (bicyclic) bond motifs is 5. The normalized spacial score (nSPS) is 29.1. The average Bonchev–Trinajstić information content (AvgIpc) is 2.79. The Hall–Kier alpha value is -1.77. The Kier molecular flexibility index (Phi) is 2.69. The molecule has 0 spiro atoms. The molecule has 0 bridgehead atoms. The molecule has 0 unspecified atom stereocenters. The molecule has 110 valence electrons. The van der Waals surface area contributed by atoms with Crippen LogP contribution >= 0.6 is 0 Å². The standard InChI is InChI=1S/C18H22N2O/c1-12-9-10-18(2)16-14(7-5-11-20(18)17(12)21)13-6-3-4-8-15(13)19-16/h3-4,6,8,12,19H,5,7,9-11H2,1-2H3/t12-,18+/m0/s1. The number of nitrogens with zero attached hydrogens (tertiary/aromatic N) is 1. The molecule has 2 aromatic rings. The van der Waals surface area contributed by atoms with Crippen molar-refractivity contribution in [2.75, 3.05) is 6.54 Å². The van der Waals surface area contributed by atoms with E-state index in [1.807, 2.05) is 0 Å². The van der Waals surface area contributed by atoms with Crippen LogP contribution in [0.5, 0.6) is 0 Å². The number of aromatic amines is 1. The first-order chi connectivity index (χ1) is 10.1. The minimum Gasteiger partial charge on any atom is -0.356 e. The highest BCUT2D eigenvalue weighted by molar-refractivity contribution is 5.86. The van der Waals surface area contributed by atoms with Gasteiger partial charge in [-0.05, 0) is 44.2 Å². The number of para-hydroxylation sites is 1. The Bertz CT molecular complexity index is 717. The molecule has 2 atom stereocenters. The van der Waals surface area contributed by atoms with Gasteiger partial charge >= 0.3 is 0 Å². The fourth-order valence-electron chi connectivity index (χ4n) is 4.22. The summed E-state index contributed by atoms with van der Waals surface area (Å²) in [5, 5.41) is 1.33. The van der Waals surface area contributed by atoms with E-state index in [-0.39, 0.29) is 11.5 Å². The van der Waals surface area contributed by atoms with Gasteiger partial charge in [0.05, 0.1) is 5.54 Å². The molecule has 1 aromatic carbocycles. The van der Waals surface area contributed by atoms with Gasteiger partial charge in [-0.25, -0.2) is 0 Å². The second-order valence-electron chi connectivity index (χ2n) is 6.83. The largest absolute Gasteiger partial charge is 0.356 e. The predicted octanol–water partition coefficient (Wildman–Crippen LogP) is 3.59. The summed E-state index contributed by atoms with van der Waals surface area (Å²) in [6, 6.07) is 8.53. The average molecular weight is 282 g/mol. The molecule has 3 heteroatoms. The molecular formula is C18H22N2O. The fourth-order valence-corrected chi connectivity index (χ4v) is 4.22. The molecule has 3 nitrogen and oxygen atoms in total. The van der Waals surface area contributed by atoms with Gasteiger partial charge in [0.1, 0.15) is 0 Å². The zero-order chi connectivity index (χ0) is 14.6. The summed E-state index contributed by atoms with van der Waals surface area (Å²) >= 11 is 0. The third kappa shape index (κ3) is 1.69. The molecule has 2 aliphatic rings. The number of hydrogen-bond acceptors (Lipinski definition) is 1. The number of benzene rings is 1. The SMILES string of the molecule is C[C@H]1CC[C@]2(C)c3[nH]c4ccccc4c3CCCN2C1=O. The molecule has 1 aromatic heterocycles. The van der Waals surface area contributed by atoms with Crippen molar-refractivity contribution in [2.24, 2.45) is 5.92 Å². The van der Waals surface area contributed by atoms with E-state index in [0.29, 0.717) is 5.91 Å². The quantitative estimate of drug-likeness (QED) is 0.787. The van der Waals surface area contributed by atoms with Gasteiger partial charge in [0.15, 0.2) is 0 Å². The molecule has 2 aliphatic heterocycles. The van der Waals surface area contributed by atoms with E-state index in [1.165, 1.54) is 22.2 Å². The van der Waals surface area contributed by atoms with Gasteiger partial charge in [0.25, 0.3) is 0 Å². The van der Waals surface area contributed by atoms with Crippen molar-refractivity contribution in [1.29, 1.82) is 0 Å². The molecule has 21 heavy (non-hydrogen) atoms. The van der Waals surface area contributed by atoms with Crippen LogP contribution < -0.4 is 0 Å². The van der Waals surface area contributed by atoms with Crippen molar-refractivity contribution in [1.82, 2.24) is 9.88 Å². The summed E-state index contributed by atoms with van der Waals surface area (Å²) in [5.41, 5.74) is 3.75. The van der Waals surface area contributed by atoms with Crippen LogP contribution in [0.3, 0.4) is 0 Å². The maximum atomic E-state index is 12.7. The molecule has 0 saturated carbocycles. The van der Waals surface area contributed by atoms with Crippen molar-refractivity contribution in [3.8, 4) is 0 Å². The predicted molar refractivity (Wildman–Crippen MR) is 84.1 cm³/mol. The molecule has 1 amide bonds. The van der Waals surface area contributed by atoms with E-state index in [2.05, 4.69) is 48.0 Å². The number of nitrogens with one attached hydrogen (secondary N) is 1. The number of aryl methyl sites for hydroxylation is 1. The number of H-pyrrole nitrogens is 1. The maximum absolute atomic E-state index is 12.7. The fraction of sp³-hybridized carbons (Fsp3) is 0.500. The van der Waals surface area contributed by atoms with E-state index in [0.717, 1.165) is 32.2 Å². The molecule has 0 aliphatic carbocycles. The molecule has 1 N–H and O–H groups in total. The van der Waals surface area contributed by atoms with E-state index in [1.54, 1.807) is 0 Å². The highest BCUT2D eigenvalue weighted by Crippen LogP contribution is 2.44. The first-order valence-corrected chi connectivity index (χ1v) is 8.03. The lowest BCUT2D eigenvalue weighted by atomic mass is 9.80. The second kappa shape index (κ2) is 4.36. The Labute approximate surface area is 125 Å². The number of piperidine rings is 1. The van der Waals surface area contributed by atoms with Crippen LogP contribution in [-0.2, 0) is 16.8 Å². The number of carbonyl (C=O) groups excluding carboxylic acids is 1. The van der Waals surface area contributed by atoms with E-state index < -0.39 is 0 Å². The lowest BCUT2D eigenvalue weighted by molar-refractivity contribution is -0.147. The lowest BCUT2D eigenvalue weighted by Gasteiger charge is -2.46. The van der Waals surface area contributed by atoms with E-state index >= 15 is 0 Å². The zero-order valence-corrected chi connectivity index (χ0v) is 12.8. The second-order valence-corrected chi connectivity index (χ2v) is 6.83. The Morgan fingerprint density at radius 3 is 3.00 bits per heavy atom. The Morgan fingerprint density at radius 1 is 1.33 bits per heavy atom. The number of carbonyl (C=O) groups is 1. The molecular weight excluding hydrogens is 260 g/mol. The summed E-state index contributed by atoms with van der Waals surface area (Å²) in [5.74, 6) is 0.499. The van der Waals surface area contributed by atoms with Crippen molar-refractivity contribution < 1.29 is 4.79 Å². The first-order valence-electron chi connectivity index (χ1n) is 8.03. The van der Waals surface area contributed by atoms with Crippen LogP contribution in [0.25, 0.3) is 10.9 Å². The van der Waals surface area contributed by atoms with Gasteiger partial charge in [-0.3, -0.25) is 4.79 Å². The summed E-state index contributed by atoms with van der Waals surface area (Å²) in [6.07, 6.45) is 4.16. The van der Waals surface area contributed by atoms with Crippen LogP contribution in [-0.4, -0.2) is 22.3 Å². The van der Waals surface area contributed by atoms with Crippen molar-refractivity contribution >= 4 is 16.8 Å². The molecule has 3 heterocycles. The number of aromatic nitrogens is 1. The Balaban J connectivity index is 1.93. The van der Waals surface area contributed by atoms with Crippen LogP contribution in [0.2, 0.25) is 0 Å². The molecule has 1 fully saturated rings. The molecule has 4 rings (SSSR count). The van der Waals surface area contributed by atoms with Crippen LogP contribution in [0.1, 0.15) is 44.4 Å². The number of amides is 1. The van der Waals surface area contributed by atoms with Gasteiger partial charge in [-0.15, -0.1) is 0 Å². The van der Waals surface area contributed by atoms with Gasteiger partial charge in [-0.2, -0.15) is 0 Å². The monoisotopic (exact) mass is 282 g/mol.